The summed E-state index contributed by atoms with van der Waals surface area (Å²) < 4.78 is 11.3. The van der Waals surface area contributed by atoms with E-state index in [1.54, 1.807) is 12.1 Å². The van der Waals surface area contributed by atoms with Crippen molar-refractivity contribution in [2.75, 3.05) is 26.2 Å². The van der Waals surface area contributed by atoms with Crippen LogP contribution in [0.3, 0.4) is 0 Å². The summed E-state index contributed by atoms with van der Waals surface area (Å²) in [6.45, 7) is 8.11. The fraction of sp³-hybridized carbons (Fsp3) is 0.706. The fourth-order valence-electron chi connectivity index (χ4n) is 3.77. The van der Waals surface area contributed by atoms with Crippen molar-refractivity contribution in [1.29, 1.82) is 0 Å². The number of nitrogens with zero attached hydrogens (tertiary/aromatic N) is 2. The largest absolute Gasteiger partial charge is 0.455 e. The molecule has 1 amide bonds. The zero-order valence-corrected chi connectivity index (χ0v) is 14.0. The van der Waals surface area contributed by atoms with Crippen LogP contribution in [0.4, 0.5) is 0 Å². The van der Waals surface area contributed by atoms with Crippen LogP contribution in [0, 0.1) is 0 Å². The molecule has 1 aromatic rings. The summed E-state index contributed by atoms with van der Waals surface area (Å²) in [5, 5.41) is 0. The summed E-state index contributed by atoms with van der Waals surface area (Å²) in [7, 11) is 0. The normalized spacial score (nSPS) is 29.2. The summed E-state index contributed by atoms with van der Waals surface area (Å²) in [6, 6.07) is 3.77. The molecular weight excluding hydrogens is 294 g/mol. The first-order valence-electron chi connectivity index (χ1n) is 8.54. The number of furan rings is 1. The lowest BCUT2D eigenvalue weighted by Crippen LogP contribution is -2.50. The lowest BCUT2D eigenvalue weighted by Gasteiger charge is -2.38. The van der Waals surface area contributed by atoms with E-state index in [2.05, 4.69) is 18.7 Å². The average molecular weight is 321 g/mol. The van der Waals surface area contributed by atoms with Gasteiger partial charge in [0.15, 0.2) is 5.76 Å². The van der Waals surface area contributed by atoms with Gasteiger partial charge in [0, 0.05) is 32.2 Å². The van der Waals surface area contributed by atoms with Gasteiger partial charge in [-0.25, -0.2) is 0 Å². The highest BCUT2D eigenvalue weighted by atomic mass is 16.5. The van der Waals surface area contributed by atoms with E-state index in [9.17, 15) is 4.79 Å². The van der Waals surface area contributed by atoms with E-state index in [1.807, 2.05) is 4.90 Å². The quantitative estimate of drug-likeness (QED) is 0.909. The van der Waals surface area contributed by atoms with Crippen molar-refractivity contribution < 1.29 is 13.9 Å². The maximum atomic E-state index is 12.7. The van der Waals surface area contributed by atoms with Crippen molar-refractivity contribution in [1.82, 2.24) is 9.80 Å². The van der Waals surface area contributed by atoms with Crippen molar-refractivity contribution in [3.8, 4) is 0 Å². The van der Waals surface area contributed by atoms with Gasteiger partial charge in [0.05, 0.1) is 18.8 Å². The third kappa shape index (κ3) is 3.76. The molecule has 0 spiro atoms. The Balaban J connectivity index is 1.64. The van der Waals surface area contributed by atoms with Gasteiger partial charge in [-0.3, -0.25) is 9.69 Å². The Morgan fingerprint density at radius 1 is 1.30 bits per heavy atom. The number of amides is 1. The molecule has 6 heteroatoms. The number of likely N-dealkylation sites (tertiary alicyclic amines) is 1. The average Bonchev–Trinajstić information content (AvgIpc) is 3.14. The van der Waals surface area contributed by atoms with Gasteiger partial charge in [-0.05, 0) is 38.8 Å². The van der Waals surface area contributed by atoms with Crippen molar-refractivity contribution in [2.45, 2.75) is 51.5 Å². The van der Waals surface area contributed by atoms with Gasteiger partial charge < -0.3 is 19.8 Å². The zero-order valence-electron chi connectivity index (χ0n) is 14.0. The fourth-order valence-corrected chi connectivity index (χ4v) is 3.77. The number of nitrogens with two attached hydrogens (primary N) is 1. The first kappa shape index (κ1) is 16.5. The minimum Gasteiger partial charge on any atom is -0.455 e. The number of morpholine rings is 1. The Morgan fingerprint density at radius 3 is 2.70 bits per heavy atom. The highest BCUT2D eigenvalue weighted by Gasteiger charge is 2.33. The molecule has 0 bridgehead atoms. The molecule has 0 unspecified atom stereocenters. The Bertz CT molecular complexity index is 535. The van der Waals surface area contributed by atoms with Crippen molar-refractivity contribution in [3.63, 3.8) is 0 Å². The minimum absolute atomic E-state index is 0.0124. The molecule has 3 rings (SSSR count). The SMILES string of the molecule is C[C@@H]1CN(C[C@@H]2CCCN2C(=O)c2ccc(CN)o2)C[C@H](C)O1. The van der Waals surface area contributed by atoms with Gasteiger partial charge in [0.25, 0.3) is 5.91 Å². The standard InChI is InChI=1S/C17H27N3O3/c1-12-9-19(10-13(2)22-12)11-14-4-3-7-20(14)17(21)16-6-5-15(8-18)23-16/h5-6,12-14H,3-4,7-11,18H2,1-2H3/t12-,13+,14-/m0/s1. The zero-order chi connectivity index (χ0) is 16.4. The van der Waals surface area contributed by atoms with Crippen LogP contribution in [-0.4, -0.2) is 60.1 Å². The van der Waals surface area contributed by atoms with Gasteiger partial charge in [-0.15, -0.1) is 0 Å². The maximum absolute atomic E-state index is 12.7. The van der Waals surface area contributed by atoms with E-state index in [0.717, 1.165) is 39.0 Å². The van der Waals surface area contributed by atoms with Crippen LogP contribution in [0.5, 0.6) is 0 Å². The van der Waals surface area contributed by atoms with Crippen molar-refractivity contribution in [3.05, 3.63) is 23.7 Å². The highest BCUT2D eigenvalue weighted by molar-refractivity contribution is 5.92. The van der Waals surface area contributed by atoms with Crippen LogP contribution in [0.25, 0.3) is 0 Å². The molecule has 1 aromatic heterocycles. The lowest BCUT2D eigenvalue weighted by molar-refractivity contribution is -0.0715. The van der Waals surface area contributed by atoms with E-state index >= 15 is 0 Å². The van der Waals surface area contributed by atoms with Gasteiger partial charge in [0.1, 0.15) is 5.76 Å². The predicted octanol–water partition coefficient (Wildman–Crippen LogP) is 1.45. The molecule has 2 aliphatic heterocycles. The van der Waals surface area contributed by atoms with E-state index in [1.165, 1.54) is 0 Å². The molecule has 0 aliphatic carbocycles. The van der Waals surface area contributed by atoms with Gasteiger partial charge >= 0.3 is 0 Å². The first-order chi connectivity index (χ1) is 11.1. The lowest BCUT2D eigenvalue weighted by atomic mass is 10.1. The first-order valence-corrected chi connectivity index (χ1v) is 8.54. The summed E-state index contributed by atoms with van der Waals surface area (Å²) in [4.78, 5) is 17.1. The molecule has 23 heavy (non-hydrogen) atoms. The second kappa shape index (κ2) is 7.03. The van der Waals surface area contributed by atoms with Gasteiger partial charge in [0.2, 0.25) is 0 Å². The second-order valence-corrected chi connectivity index (χ2v) is 6.74. The third-order valence-electron chi connectivity index (χ3n) is 4.68. The Labute approximate surface area is 137 Å². The molecule has 3 heterocycles. The number of ether oxygens (including phenoxy) is 1. The second-order valence-electron chi connectivity index (χ2n) is 6.74. The van der Waals surface area contributed by atoms with E-state index in [0.29, 0.717) is 18.1 Å². The molecule has 6 nitrogen and oxygen atoms in total. The Morgan fingerprint density at radius 2 is 2.04 bits per heavy atom. The monoisotopic (exact) mass is 321 g/mol. The molecule has 2 aliphatic rings. The van der Waals surface area contributed by atoms with Crippen molar-refractivity contribution >= 4 is 5.91 Å². The topological polar surface area (TPSA) is 71.9 Å². The predicted molar refractivity (Wildman–Crippen MR) is 87.1 cm³/mol. The molecule has 128 valence electrons. The number of hydrogen-bond donors (Lipinski definition) is 1. The maximum Gasteiger partial charge on any atom is 0.289 e. The number of carbonyl (C=O) groups is 1. The van der Waals surface area contributed by atoms with Crippen LogP contribution in [0.1, 0.15) is 43.0 Å². The Kier molecular flexibility index (Phi) is 5.04. The van der Waals surface area contributed by atoms with Crippen LogP contribution in [0.15, 0.2) is 16.5 Å². The molecule has 0 radical (unpaired) electrons. The summed E-state index contributed by atoms with van der Waals surface area (Å²) >= 11 is 0. The van der Waals surface area contributed by atoms with E-state index < -0.39 is 0 Å². The van der Waals surface area contributed by atoms with Crippen LogP contribution in [-0.2, 0) is 11.3 Å². The highest BCUT2D eigenvalue weighted by Crippen LogP contribution is 2.23. The smallest absolute Gasteiger partial charge is 0.289 e. The molecule has 0 saturated carbocycles. The van der Waals surface area contributed by atoms with E-state index in [-0.39, 0.29) is 24.2 Å². The summed E-state index contributed by atoms with van der Waals surface area (Å²) in [5.41, 5.74) is 5.56. The molecule has 0 aromatic carbocycles. The molecule has 2 saturated heterocycles. The van der Waals surface area contributed by atoms with E-state index in [4.69, 9.17) is 14.9 Å². The molecule has 2 fully saturated rings. The molecule has 3 atom stereocenters. The summed E-state index contributed by atoms with van der Waals surface area (Å²) in [6.07, 6.45) is 2.61. The third-order valence-corrected chi connectivity index (χ3v) is 4.68. The number of hydrogen-bond acceptors (Lipinski definition) is 5. The van der Waals surface area contributed by atoms with Crippen LogP contribution >= 0.6 is 0 Å². The van der Waals surface area contributed by atoms with Crippen LogP contribution < -0.4 is 5.73 Å². The summed E-state index contributed by atoms with van der Waals surface area (Å²) in [5.74, 6) is 1.04. The number of carbonyl (C=O) groups excluding carboxylic acids is 1. The molecular formula is C17H27N3O3. The number of rotatable bonds is 4. The minimum atomic E-state index is -0.0124. The van der Waals surface area contributed by atoms with Crippen LogP contribution in [0.2, 0.25) is 0 Å². The molecule has 2 N–H and O–H groups in total. The van der Waals surface area contributed by atoms with Gasteiger partial charge in [-0.1, -0.05) is 0 Å². The Hall–Kier alpha value is -1.37. The van der Waals surface area contributed by atoms with Crippen molar-refractivity contribution in [2.24, 2.45) is 5.73 Å². The van der Waals surface area contributed by atoms with Gasteiger partial charge in [-0.2, -0.15) is 0 Å².